The van der Waals surface area contributed by atoms with Crippen molar-refractivity contribution in [1.29, 1.82) is 0 Å². The summed E-state index contributed by atoms with van der Waals surface area (Å²) in [6.07, 6.45) is -33.7. The Morgan fingerprint density at radius 1 is 0.241 bits per heavy atom. The lowest BCUT2D eigenvalue weighted by Gasteiger charge is -2.51. The van der Waals surface area contributed by atoms with E-state index < -0.39 is 298 Å². The van der Waals surface area contributed by atoms with E-state index in [1.54, 1.807) is 70.7 Å². The van der Waals surface area contributed by atoms with E-state index in [9.17, 15) is 24.3 Å². The number of anilines is 2. The van der Waals surface area contributed by atoms with Gasteiger partial charge in [-0.15, -0.1) is 0 Å². The van der Waals surface area contributed by atoms with Crippen LogP contribution in [-0.2, 0) is 201 Å². The van der Waals surface area contributed by atoms with Crippen molar-refractivity contribution in [3.8, 4) is 5.75 Å². The maximum Gasteiger partial charge on any atom is 0.268 e. The summed E-state index contributed by atoms with van der Waals surface area (Å²) in [6, 6.07) is -2.05. The molecule has 0 amide bonds. The SMILES string of the molecule is C.C.C.COCC1OC(CO)C(OC)C(OC)C1OC1OC(COC)C(OC2OC(C)C(Nc3c(NC4C(C)OC(OC5C(COC)OC(OC6C(COC)OC(OC)C(OC)[C@@H]6OC)C(OC)C5OC)C(OC)C4OC)c(=O)c3=O)C(OC)C2OC)C(OC)C1OC.COCC1OC(OC2C(COC)OC(OC)C(OC)C2OC)C(OC)C(OC)C1OC1OC(C)C(N)C(OC)C1OC.COc1c(CO)c(=O)c1=O. The average molecular weight is 2110 g/mol. The zero-order chi connectivity index (χ0) is 104. The van der Waals surface area contributed by atoms with Gasteiger partial charge in [0.25, 0.3) is 16.3 Å². The molecule has 9 aliphatic rings. The van der Waals surface area contributed by atoms with Gasteiger partial charge in [0.1, 0.15) is 201 Å². The van der Waals surface area contributed by atoms with E-state index in [1.165, 1.54) is 135 Å². The minimum atomic E-state index is -1.15. The Hall–Kier alpha value is -4.20. The molecule has 11 rings (SSSR count). The maximum absolute atomic E-state index is 13.7. The second-order valence-electron chi connectivity index (χ2n) is 34.8. The van der Waals surface area contributed by atoms with E-state index in [2.05, 4.69) is 15.4 Å². The van der Waals surface area contributed by atoms with Gasteiger partial charge in [0, 0.05) is 185 Å². The first kappa shape index (κ1) is 129. The predicted octanol–water partition coefficient (Wildman–Crippen LogP) is -1.78. The van der Waals surface area contributed by atoms with Crippen LogP contribution in [0.3, 0.4) is 0 Å². The summed E-state index contributed by atoms with van der Waals surface area (Å²) in [4.78, 5) is 48.5. The number of hydrogen-bond acceptors (Lipinski definition) is 51. The van der Waals surface area contributed by atoms with Gasteiger partial charge in [-0.1, -0.05) is 22.3 Å². The highest BCUT2D eigenvalue weighted by atomic mass is 16.8. The summed E-state index contributed by atoms with van der Waals surface area (Å²) in [5, 5.41) is 25.2. The molecular weight excluding hydrogens is 1940 g/mol. The average Bonchev–Trinajstić information content (AvgIpc) is 0.723. The number of nitrogens with one attached hydrogen (secondary N) is 2. The summed E-state index contributed by atoms with van der Waals surface area (Å²) < 4.78 is 254. The molecule has 0 spiro atoms. The summed E-state index contributed by atoms with van der Waals surface area (Å²) in [5.41, 5.74) is 3.46. The molecule has 9 aliphatic heterocycles. The van der Waals surface area contributed by atoms with Gasteiger partial charge in [-0.05, 0) is 20.8 Å². The van der Waals surface area contributed by atoms with Crippen LogP contribution in [0, 0.1) is 0 Å². The van der Waals surface area contributed by atoms with Crippen molar-refractivity contribution in [1.82, 2.24) is 0 Å². The molecule has 0 radical (unpaired) electrons. The van der Waals surface area contributed by atoms with Gasteiger partial charge < -0.3 is 226 Å². The minimum Gasteiger partial charge on any atom is -0.492 e. The number of nitrogens with two attached hydrogens (primary N) is 1. The molecule has 2 aromatic rings. The van der Waals surface area contributed by atoms with Crippen LogP contribution in [0.1, 0.15) is 48.6 Å². The largest absolute Gasteiger partial charge is 0.492 e. The summed E-state index contributed by atoms with van der Waals surface area (Å²) in [6.45, 7) is 5.17. The fraction of sp³-hybridized carbons (Fsp3) is 0.915. The van der Waals surface area contributed by atoms with Crippen molar-refractivity contribution < 1.29 is 209 Å². The molecule has 0 aromatic heterocycles. The molecule has 848 valence electrons. The molecule has 0 bridgehead atoms. The highest BCUT2D eigenvalue weighted by Gasteiger charge is 2.62. The van der Waals surface area contributed by atoms with E-state index in [1.807, 2.05) is 6.92 Å². The lowest BCUT2D eigenvalue weighted by atomic mass is 9.93. The minimum absolute atomic E-state index is 0. The fourth-order valence-corrected chi connectivity index (χ4v) is 20.2. The van der Waals surface area contributed by atoms with Crippen LogP contribution < -0.4 is 42.8 Å². The Bertz CT molecular complexity index is 3850. The molecule has 6 N–H and O–H groups in total. The second kappa shape index (κ2) is 63.0. The quantitative estimate of drug-likeness (QED) is 0.0457. The van der Waals surface area contributed by atoms with Crippen LogP contribution in [0.5, 0.6) is 5.75 Å². The third-order valence-electron chi connectivity index (χ3n) is 27.3. The molecule has 51 nitrogen and oxygen atoms in total. The summed E-state index contributed by atoms with van der Waals surface area (Å²) in [5.74, 6) is -0.00694. The van der Waals surface area contributed by atoms with Gasteiger partial charge in [-0.2, -0.15) is 0 Å². The van der Waals surface area contributed by atoms with Gasteiger partial charge in [-0.25, -0.2) is 0 Å². The van der Waals surface area contributed by atoms with E-state index in [0.717, 1.165) is 0 Å². The summed E-state index contributed by atoms with van der Waals surface area (Å²) >= 11 is 0. The molecule has 9 saturated heterocycles. The van der Waals surface area contributed by atoms with Gasteiger partial charge >= 0.3 is 0 Å². The van der Waals surface area contributed by atoms with Crippen LogP contribution in [0.15, 0.2) is 19.2 Å². The van der Waals surface area contributed by atoms with Gasteiger partial charge in [0.2, 0.25) is 5.43 Å². The predicted molar refractivity (Wildman–Crippen MR) is 509 cm³/mol. The molecular formula is C94H169N3O48. The van der Waals surface area contributed by atoms with Crippen molar-refractivity contribution in [3.63, 3.8) is 0 Å². The standard InChI is InChI=1S/C58H100N2O30.C27H51NO14.C6H6O4.3CH4/c1-25-32(43(69-8)49(75-14)55(81-25)87-41-30(23-66-5)85-57(52(78-17)47(41)73-12)89-39-28(21-64-3)83-27(20-61)38(68-7)45(39)71-10)59-34-35(37(63)36(34)62)60-33-26(2)82-56(50(76-15)44(33)70-9)88-42-31(24-67-6)86-58(53(79-18)48(42)74-13)90-40-29(22-65-4)84-54(80-19)51(77-16)46(40)72-11;1-13-16(28)19(31-4)22(34-7)26(38-13)41-18-15(12-30-3)40-27(24(36-9)21(18)33-6)42-17-14(11-29-2)39-25(37-10)23(35-8)20(17)32-5;1-10-6-3(2-7)4(8)5(6)9;;;/h25-33,38-61H,20-24H2,1-19H3;13-27H,11-12,28H2,1-10H3;7H,2H2,1H3;3*1H4/t25?,26?,27?,28?,29?,30?,31?,32?,33?,38?,39?,40?,41?,42?,43?,44?,45?,46-,47?,48?,49?,50?,51?,52?,53?,54?,55?,56?,57?,58?;;;;;/m1...../s1. The van der Waals surface area contributed by atoms with Crippen molar-refractivity contribution in [3.05, 3.63) is 46.5 Å². The molecule has 44 unspecified atom stereocenters. The number of methoxy groups -OCH3 is 27. The van der Waals surface area contributed by atoms with Crippen LogP contribution in [0.2, 0.25) is 0 Å². The normalized spacial score (nSPS) is 40.2. The molecule has 51 heteroatoms. The van der Waals surface area contributed by atoms with Gasteiger partial charge in [0.15, 0.2) is 56.1 Å². The Morgan fingerprint density at radius 2 is 0.462 bits per heavy atom. The lowest BCUT2D eigenvalue weighted by Crippen LogP contribution is -2.68. The Morgan fingerprint density at radius 3 is 0.690 bits per heavy atom. The first-order chi connectivity index (χ1) is 68.5. The van der Waals surface area contributed by atoms with Crippen molar-refractivity contribution >= 4 is 11.4 Å². The number of ether oxygens (including phenoxy) is 42. The highest BCUT2D eigenvalue weighted by molar-refractivity contribution is 5.75. The van der Waals surface area contributed by atoms with Crippen molar-refractivity contribution in [2.24, 2.45) is 5.73 Å². The molecule has 0 saturated carbocycles. The molecule has 0 aliphatic carbocycles. The number of aliphatic hydroxyl groups excluding tert-OH is 2. The first-order valence-corrected chi connectivity index (χ1v) is 46.5. The Balaban J connectivity index is 0.000000481. The third kappa shape index (κ3) is 28.8. The Kier molecular flexibility index (Phi) is 56.2. The molecule has 9 heterocycles. The third-order valence-corrected chi connectivity index (χ3v) is 27.3. The molecule has 2 aromatic carbocycles. The number of aliphatic hydroxyl groups is 2. The van der Waals surface area contributed by atoms with Gasteiger partial charge in [-0.3, -0.25) is 19.2 Å². The van der Waals surface area contributed by atoms with Crippen LogP contribution in [0.4, 0.5) is 11.4 Å². The number of hydrogen-bond donors (Lipinski definition) is 5. The number of rotatable bonds is 51. The monoisotopic (exact) mass is 2110 g/mol. The van der Waals surface area contributed by atoms with Crippen molar-refractivity contribution in [2.45, 2.75) is 326 Å². The second-order valence-corrected chi connectivity index (χ2v) is 34.8. The van der Waals surface area contributed by atoms with E-state index in [4.69, 9.17) is 205 Å². The van der Waals surface area contributed by atoms with E-state index >= 15 is 0 Å². The summed E-state index contributed by atoms with van der Waals surface area (Å²) in [7, 11) is 40.8. The Labute approximate surface area is 849 Å². The van der Waals surface area contributed by atoms with E-state index in [-0.39, 0.29) is 97.3 Å². The van der Waals surface area contributed by atoms with Crippen LogP contribution >= 0.6 is 0 Å². The molecule has 45 atom stereocenters. The van der Waals surface area contributed by atoms with E-state index in [0.29, 0.717) is 0 Å². The molecule has 9 fully saturated rings. The lowest BCUT2D eigenvalue weighted by molar-refractivity contribution is -0.381. The smallest absolute Gasteiger partial charge is 0.268 e. The maximum atomic E-state index is 13.7. The fourth-order valence-electron chi connectivity index (χ4n) is 20.2. The topological polar surface area (TPSA) is 546 Å². The zero-order valence-electron chi connectivity index (χ0n) is 86.9. The van der Waals surface area contributed by atoms with Crippen LogP contribution in [-0.4, -0.2) is 524 Å². The van der Waals surface area contributed by atoms with Gasteiger partial charge in [0.05, 0.1) is 102 Å². The van der Waals surface area contributed by atoms with Crippen molar-refractivity contribution in [2.75, 3.05) is 249 Å². The highest BCUT2D eigenvalue weighted by Crippen LogP contribution is 2.43. The molecule has 145 heavy (non-hydrogen) atoms. The first-order valence-electron chi connectivity index (χ1n) is 46.5. The zero-order valence-corrected chi connectivity index (χ0v) is 86.9. The van der Waals surface area contributed by atoms with Crippen LogP contribution in [0.25, 0.3) is 0 Å².